The molecule has 0 aromatic carbocycles. The van der Waals surface area contributed by atoms with Crippen molar-refractivity contribution in [3.8, 4) is 6.07 Å². The number of likely N-dealkylation sites (tertiary alicyclic amines) is 1. The first-order chi connectivity index (χ1) is 14.4. The molecule has 6 rings (SSSR count). The number of carbonyl (C=O) groups excluding carboxylic acids is 1. The third-order valence-corrected chi connectivity index (χ3v) is 8.07. The van der Waals surface area contributed by atoms with Gasteiger partial charge >= 0.3 is 6.09 Å². The van der Waals surface area contributed by atoms with Gasteiger partial charge in [0.15, 0.2) is 5.69 Å². The molecule has 1 aromatic heterocycles. The summed E-state index contributed by atoms with van der Waals surface area (Å²) in [5.74, 6) is 1.77. The first-order valence-electron chi connectivity index (χ1n) is 10.7. The molecule has 9 nitrogen and oxygen atoms in total. The summed E-state index contributed by atoms with van der Waals surface area (Å²) in [6.07, 6.45) is 4.39. The molecule has 5 fully saturated rings. The summed E-state index contributed by atoms with van der Waals surface area (Å²) < 4.78 is 0. The van der Waals surface area contributed by atoms with Crippen LogP contribution in [-0.2, 0) is 4.79 Å². The van der Waals surface area contributed by atoms with Crippen LogP contribution < -0.4 is 11.1 Å². The van der Waals surface area contributed by atoms with E-state index in [0.29, 0.717) is 36.5 Å². The number of hydrogen-bond acceptors (Lipinski definition) is 6. The van der Waals surface area contributed by atoms with Crippen LogP contribution in [0.3, 0.4) is 0 Å². The second-order valence-corrected chi connectivity index (χ2v) is 9.61. The number of nitrogens with one attached hydrogen (secondary N) is 1. The summed E-state index contributed by atoms with van der Waals surface area (Å²) in [4.78, 5) is 25.9. The van der Waals surface area contributed by atoms with Gasteiger partial charge in [-0.15, -0.1) is 10.2 Å². The van der Waals surface area contributed by atoms with Gasteiger partial charge in [0.2, 0.25) is 5.91 Å². The van der Waals surface area contributed by atoms with Crippen molar-refractivity contribution < 1.29 is 14.7 Å². The van der Waals surface area contributed by atoms with Crippen molar-refractivity contribution in [2.24, 2.45) is 34.8 Å². The Balaban J connectivity index is 1.43. The summed E-state index contributed by atoms with van der Waals surface area (Å²) >= 11 is 0. The average Bonchev–Trinajstić information content (AvgIpc) is 3.11. The maximum atomic E-state index is 12.3. The number of amides is 2. The molecule has 4 saturated carbocycles. The van der Waals surface area contributed by atoms with Crippen LogP contribution >= 0.6 is 0 Å². The molecule has 4 aliphatic carbocycles. The zero-order valence-corrected chi connectivity index (χ0v) is 16.7. The van der Waals surface area contributed by atoms with E-state index < -0.39 is 6.09 Å². The van der Waals surface area contributed by atoms with E-state index in [4.69, 9.17) is 11.0 Å². The molecular weight excluding hydrogens is 384 g/mol. The molecule has 158 valence electrons. The van der Waals surface area contributed by atoms with Crippen molar-refractivity contribution in [3.63, 3.8) is 0 Å². The number of hydrogen-bond donors (Lipinski definition) is 3. The lowest BCUT2D eigenvalue weighted by molar-refractivity contribution is -0.154. The fourth-order valence-corrected chi connectivity index (χ4v) is 7.25. The summed E-state index contributed by atoms with van der Waals surface area (Å²) in [7, 11) is 0. The smallest absolute Gasteiger partial charge is 0.407 e. The Labute approximate surface area is 174 Å². The Kier molecular flexibility index (Phi) is 4.34. The number of carbonyl (C=O) groups is 2. The maximum Gasteiger partial charge on any atom is 0.407 e. The quantitative estimate of drug-likeness (QED) is 0.686. The Morgan fingerprint density at radius 1 is 1.23 bits per heavy atom. The maximum absolute atomic E-state index is 12.3. The van der Waals surface area contributed by atoms with Crippen molar-refractivity contribution in [3.05, 3.63) is 17.8 Å². The lowest BCUT2D eigenvalue weighted by Crippen LogP contribution is -2.61. The summed E-state index contributed by atoms with van der Waals surface area (Å²) in [6.45, 7) is 0.474. The molecule has 30 heavy (non-hydrogen) atoms. The van der Waals surface area contributed by atoms with Crippen LogP contribution in [0, 0.1) is 40.4 Å². The van der Waals surface area contributed by atoms with Gasteiger partial charge in [0.05, 0.1) is 12.1 Å². The monoisotopic (exact) mass is 410 g/mol. The second-order valence-electron chi connectivity index (χ2n) is 9.61. The standard InChI is InChI=1S/C21H26N6O3/c22-10-14-1-2-16(26-25-14)24-15-3-4-27(20(29)30)18(15)17-12-5-11-6-13(17)9-21(7-11,8-12)19(23)28/h1-2,11-13,15,17-18H,3-9H2,(H2,23,28)(H,24,26)(H,29,30)/t11?,12-,13?,15?,17?,18-,21?/m0/s1. The highest BCUT2D eigenvalue weighted by Gasteiger charge is 2.61. The van der Waals surface area contributed by atoms with E-state index in [0.717, 1.165) is 32.1 Å². The lowest BCUT2D eigenvalue weighted by atomic mass is 9.44. The number of rotatable bonds is 4. The molecule has 4 N–H and O–H groups in total. The molecule has 1 saturated heterocycles. The predicted octanol–water partition coefficient (Wildman–Crippen LogP) is 1.81. The molecule has 0 radical (unpaired) electrons. The Hall–Kier alpha value is -2.89. The predicted molar refractivity (Wildman–Crippen MR) is 106 cm³/mol. The van der Waals surface area contributed by atoms with E-state index in [-0.39, 0.29) is 35.0 Å². The molecule has 4 bridgehead atoms. The third-order valence-electron chi connectivity index (χ3n) is 8.07. The van der Waals surface area contributed by atoms with Gasteiger partial charge < -0.3 is 21.1 Å². The third kappa shape index (κ3) is 2.89. The van der Waals surface area contributed by atoms with Crippen molar-refractivity contribution >= 4 is 17.8 Å². The van der Waals surface area contributed by atoms with Crippen LogP contribution in [0.15, 0.2) is 12.1 Å². The molecule has 1 aliphatic heterocycles. The minimum atomic E-state index is -0.895. The average molecular weight is 410 g/mol. The lowest BCUT2D eigenvalue weighted by Gasteiger charge is -2.61. The van der Waals surface area contributed by atoms with E-state index in [2.05, 4.69) is 15.5 Å². The van der Waals surface area contributed by atoms with E-state index >= 15 is 0 Å². The number of nitrogens with zero attached hydrogens (tertiary/aromatic N) is 4. The van der Waals surface area contributed by atoms with E-state index in [9.17, 15) is 14.7 Å². The van der Waals surface area contributed by atoms with Gasteiger partial charge in [-0.2, -0.15) is 5.26 Å². The van der Waals surface area contributed by atoms with Crippen molar-refractivity contribution in [1.82, 2.24) is 15.1 Å². The fourth-order valence-electron chi connectivity index (χ4n) is 7.25. The number of anilines is 1. The van der Waals surface area contributed by atoms with Crippen molar-refractivity contribution in [2.75, 3.05) is 11.9 Å². The Morgan fingerprint density at radius 3 is 2.53 bits per heavy atom. The van der Waals surface area contributed by atoms with Crippen LogP contribution in [0.2, 0.25) is 0 Å². The van der Waals surface area contributed by atoms with Gasteiger partial charge in [-0.3, -0.25) is 4.79 Å². The zero-order chi connectivity index (χ0) is 21.0. The molecule has 2 amide bonds. The van der Waals surface area contributed by atoms with Crippen LogP contribution in [0.4, 0.5) is 10.6 Å². The number of primary amides is 1. The molecule has 7 atom stereocenters. The molecular formula is C21H26N6O3. The van der Waals surface area contributed by atoms with Crippen LogP contribution in [0.5, 0.6) is 0 Å². The highest BCUT2D eigenvalue weighted by atomic mass is 16.4. The van der Waals surface area contributed by atoms with E-state index in [1.54, 1.807) is 17.0 Å². The highest BCUT2D eigenvalue weighted by molar-refractivity contribution is 5.81. The highest BCUT2D eigenvalue weighted by Crippen LogP contribution is 2.63. The molecule has 9 heteroatoms. The largest absolute Gasteiger partial charge is 0.465 e. The fraction of sp³-hybridized carbons (Fsp3) is 0.667. The minimum Gasteiger partial charge on any atom is -0.465 e. The number of nitriles is 1. The topological polar surface area (TPSA) is 145 Å². The van der Waals surface area contributed by atoms with E-state index in [1.165, 1.54) is 0 Å². The first kappa shape index (κ1) is 19.1. The minimum absolute atomic E-state index is 0.0737. The van der Waals surface area contributed by atoms with Crippen molar-refractivity contribution in [2.45, 2.75) is 50.6 Å². The SMILES string of the molecule is N#Cc1ccc(NC2CCN(C(=O)O)[C@@H]2C2C3CC4C[C@H]2CC(C(N)=O)(C4)C3)nn1. The summed E-state index contributed by atoms with van der Waals surface area (Å²) in [5.41, 5.74) is 5.68. The van der Waals surface area contributed by atoms with Gasteiger partial charge in [-0.05, 0) is 74.3 Å². The van der Waals surface area contributed by atoms with E-state index in [1.807, 2.05) is 6.07 Å². The van der Waals surface area contributed by atoms with Gasteiger partial charge in [0.1, 0.15) is 11.9 Å². The Morgan fingerprint density at radius 2 is 1.97 bits per heavy atom. The zero-order valence-electron chi connectivity index (χ0n) is 16.7. The number of nitrogens with two attached hydrogens (primary N) is 1. The molecule has 5 unspecified atom stereocenters. The second kappa shape index (κ2) is 6.83. The van der Waals surface area contributed by atoms with Gasteiger partial charge in [-0.1, -0.05) is 0 Å². The van der Waals surface area contributed by atoms with Crippen molar-refractivity contribution in [1.29, 1.82) is 5.26 Å². The van der Waals surface area contributed by atoms with Crippen LogP contribution in [0.25, 0.3) is 0 Å². The van der Waals surface area contributed by atoms with Gasteiger partial charge in [0.25, 0.3) is 0 Å². The normalized spacial score (nSPS) is 39.0. The summed E-state index contributed by atoms with van der Waals surface area (Å²) in [6, 6.07) is 5.03. The molecule has 0 spiro atoms. The van der Waals surface area contributed by atoms with Gasteiger partial charge in [-0.25, -0.2) is 4.79 Å². The number of aromatic nitrogens is 2. The van der Waals surface area contributed by atoms with Gasteiger partial charge in [0, 0.05) is 12.0 Å². The summed E-state index contributed by atoms with van der Waals surface area (Å²) in [5, 5.41) is 30.2. The molecule has 2 heterocycles. The Bertz CT molecular complexity index is 896. The molecule has 5 aliphatic rings. The first-order valence-corrected chi connectivity index (χ1v) is 10.7. The number of carboxylic acid groups (broad SMARTS) is 1. The molecule has 1 aromatic rings. The van der Waals surface area contributed by atoms with Crippen LogP contribution in [0.1, 0.15) is 44.2 Å². The van der Waals surface area contributed by atoms with Crippen LogP contribution in [-0.4, -0.2) is 50.8 Å².